The summed E-state index contributed by atoms with van der Waals surface area (Å²) >= 11 is 0. The summed E-state index contributed by atoms with van der Waals surface area (Å²) in [6, 6.07) is 2.66. The molecule has 2 N–H and O–H groups in total. The third-order valence-electron chi connectivity index (χ3n) is 3.25. The molecular weight excluding hydrogens is 301 g/mol. The van der Waals surface area contributed by atoms with Gasteiger partial charge in [-0.15, -0.1) is 0 Å². The Hall–Kier alpha value is -1.51. The first kappa shape index (κ1) is 15.9. The van der Waals surface area contributed by atoms with E-state index < -0.39 is 26.7 Å². The second-order valence-corrected chi connectivity index (χ2v) is 6.51. The van der Waals surface area contributed by atoms with Crippen LogP contribution in [0.4, 0.5) is 4.39 Å². The van der Waals surface area contributed by atoms with Crippen LogP contribution in [0, 0.1) is 5.82 Å². The van der Waals surface area contributed by atoms with Gasteiger partial charge in [0, 0.05) is 13.2 Å². The summed E-state index contributed by atoms with van der Waals surface area (Å²) in [6.07, 6.45) is 2.35. The van der Waals surface area contributed by atoms with Gasteiger partial charge in [-0.05, 0) is 37.5 Å². The summed E-state index contributed by atoms with van der Waals surface area (Å²) in [4.78, 5) is 10.2. The molecule has 0 aromatic heterocycles. The number of benzene rings is 1. The molecule has 1 fully saturated rings. The number of nitrogens with one attached hydrogen (secondary N) is 1. The van der Waals surface area contributed by atoms with Gasteiger partial charge in [0.1, 0.15) is 10.7 Å². The molecule has 0 spiro atoms. The van der Waals surface area contributed by atoms with Crippen LogP contribution in [0.3, 0.4) is 0 Å². The van der Waals surface area contributed by atoms with Gasteiger partial charge in [0.25, 0.3) is 0 Å². The lowest BCUT2D eigenvalue weighted by atomic mass is 10.2. The monoisotopic (exact) mass is 317 g/mol. The van der Waals surface area contributed by atoms with Crippen molar-refractivity contribution >= 4 is 16.0 Å². The summed E-state index contributed by atoms with van der Waals surface area (Å²) in [5.41, 5.74) is -0.282. The van der Waals surface area contributed by atoms with E-state index in [4.69, 9.17) is 9.84 Å². The number of halogens is 1. The van der Waals surface area contributed by atoms with Crippen molar-refractivity contribution in [2.75, 3.05) is 13.2 Å². The Morgan fingerprint density at radius 2 is 2.24 bits per heavy atom. The van der Waals surface area contributed by atoms with E-state index in [1.807, 2.05) is 0 Å². The highest BCUT2D eigenvalue weighted by Crippen LogP contribution is 2.18. The normalized spacial score (nSPS) is 18.8. The molecule has 8 heteroatoms. The number of sulfonamides is 1. The van der Waals surface area contributed by atoms with Crippen LogP contribution in [0.15, 0.2) is 23.1 Å². The number of aromatic carboxylic acids is 1. The van der Waals surface area contributed by atoms with E-state index in [-0.39, 0.29) is 18.2 Å². The van der Waals surface area contributed by atoms with Crippen molar-refractivity contribution in [1.29, 1.82) is 0 Å². The number of carboxylic acids is 1. The highest BCUT2D eigenvalue weighted by molar-refractivity contribution is 7.89. The molecule has 21 heavy (non-hydrogen) atoms. The summed E-state index contributed by atoms with van der Waals surface area (Å²) in [5.74, 6) is -2.30. The van der Waals surface area contributed by atoms with Crippen molar-refractivity contribution in [2.45, 2.75) is 30.3 Å². The van der Waals surface area contributed by atoms with E-state index in [0.29, 0.717) is 13.0 Å². The molecule has 1 unspecified atom stereocenters. The quantitative estimate of drug-likeness (QED) is 0.826. The summed E-state index contributed by atoms with van der Waals surface area (Å²) in [5, 5.41) is 8.83. The number of hydrogen-bond acceptors (Lipinski definition) is 4. The number of hydrogen-bond donors (Lipinski definition) is 2. The second kappa shape index (κ2) is 6.50. The maximum atomic E-state index is 13.6. The molecule has 1 atom stereocenters. The van der Waals surface area contributed by atoms with Gasteiger partial charge in [-0.25, -0.2) is 22.3 Å². The second-order valence-electron chi connectivity index (χ2n) is 4.77. The fourth-order valence-electron chi connectivity index (χ4n) is 2.15. The molecule has 1 saturated heterocycles. The molecule has 2 rings (SSSR count). The molecule has 0 aliphatic carbocycles. The van der Waals surface area contributed by atoms with Gasteiger partial charge in [-0.2, -0.15) is 0 Å². The maximum absolute atomic E-state index is 13.6. The number of rotatable bonds is 6. The lowest BCUT2D eigenvalue weighted by molar-refractivity contribution is 0.0696. The molecule has 1 aliphatic rings. The SMILES string of the molecule is O=C(O)c1ccc(F)c(S(=O)(=O)NCCC2CCCO2)c1. The summed E-state index contributed by atoms with van der Waals surface area (Å²) < 4.78 is 45.3. The predicted molar refractivity (Wildman–Crippen MR) is 72.1 cm³/mol. The predicted octanol–water partition coefficient (Wildman–Crippen LogP) is 1.37. The van der Waals surface area contributed by atoms with Crippen LogP contribution in [0.25, 0.3) is 0 Å². The number of carboxylic acid groups (broad SMARTS) is 1. The zero-order chi connectivity index (χ0) is 15.5. The first-order valence-electron chi connectivity index (χ1n) is 6.54. The molecular formula is C13H16FNO5S. The lowest BCUT2D eigenvalue weighted by Gasteiger charge is -2.11. The van der Waals surface area contributed by atoms with Gasteiger partial charge < -0.3 is 9.84 Å². The van der Waals surface area contributed by atoms with Crippen molar-refractivity contribution in [3.05, 3.63) is 29.6 Å². The van der Waals surface area contributed by atoms with Crippen molar-refractivity contribution in [3.8, 4) is 0 Å². The molecule has 1 aliphatic heterocycles. The lowest BCUT2D eigenvalue weighted by Crippen LogP contribution is -2.28. The fraction of sp³-hybridized carbons (Fsp3) is 0.462. The van der Waals surface area contributed by atoms with Gasteiger partial charge in [0.15, 0.2) is 0 Å². The van der Waals surface area contributed by atoms with E-state index >= 15 is 0 Å². The van der Waals surface area contributed by atoms with E-state index in [1.165, 1.54) is 0 Å². The van der Waals surface area contributed by atoms with Gasteiger partial charge in [0.2, 0.25) is 10.0 Å². The van der Waals surface area contributed by atoms with Crippen LogP contribution in [-0.2, 0) is 14.8 Å². The van der Waals surface area contributed by atoms with Gasteiger partial charge in [-0.3, -0.25) is 0 Å². The maximum Gasteiger partial charge on any atom is 0.335 e. The topological polar surface area (TPSA) is 92.7 Å². The molecule has 116 valence electrons. The van der Waals surface area contributed by atoms with E-state index in [9.17, 15) is 17.6 Å². The molecule has 6 nitrogen and oxygen atoms in total. The molecule has 0 amide bonds. The average molecular weight is 317 g/mol. The molecule has 0 saturated carbocycles. The van der Waals surface area contributed by atoms with Crippen molar-refractivity contribution in [3.63, 3.8) is 0 Å². The Kier molecular flexibility index (Phi) is 4.92. The third-order valence-corrected chi connectivity index (χ3v) is 4.73. The van der Waals surface area contributed by atoms with Gasteiger partial charge in [-0.1, -0.05) is 0 Å². The fourth-order valence-corrected chi connectivity index (χ4v) is 3.30. The molecule has 1 aromatic carbocycles. The van der Waals surface area contributed by atoms with Gasteiger partial charge in [0.05, 0.1) is 11.7 Å². The number of carbonyl (C=O) groups is 1. The van der Waals surface area contributed by atoms with E-state index in [0.717, 1.165) is 31.0 Å². The smallest absolute Gasteiger partial charge is 0.335 e. The van der Waals surface area contributed by atoms with Crippen molar-refractivity contribution < 1.29 is 27.4 Å². The zero-order valence-electron chi connectivity index (χ0n) is 11.2. The Morgan fingerprint density at radius 1 is 1.48 bits per heavy atom. The largest absolute Gasteiger partial charge is 0.478 e. The molecule has 1 heterocycles. The zero-order valence-corrected chi connectivity index (χ0v) is 12.0. The highest BCUT2D eigenvalue weighted by atomic mass is 32.2. The summed E-state index contributed by atoms with van der Waals surface area (Å²) in [7, 11) is -4.08. The average Bonchev–Trinajstić information content (AvgIpc) is 2.91. The third kappa shape index (κ3) is 3.99. The first-order valence-corrected chi connectivity index (χ1v) is 8.02. The van der Waals surface area contributed by atoms with Crippen LogP contribution in [0.2, 0.25) is 0 Å². The van der Waals surface area contributed by atoms with Crippen molar-refractivity contribution in [2.24, 2.45) is 0 Å². The van der Waals surface area contributed by atoms with Crippen molar-refractivity contribution in [1.82, 2.24) is 4.72 Å². The van der Waals surface area contributed by atoms with Gasteiger partial charge >= 0.3 is 5.97 Å². The minimum Gasteiger partial charge on any atom is -0.478 e. The Balaban J connectivity index is 2.07. The number of ether oxygens (including phenoxy) is 1. The van der Waals surface area contributed by atoms with Crippen LogP contribution < -0.4 is 4.72 Å². The molecule has 0 radical (unpaired) electrons. The minimum absolute atomic E-state index is 0.0166. The Bertz CT molecular complexity index is 625. The summed E-state index contributed by atoms with van der Waals surface area (Å²) in [6.45, 7) is 0.788. The molecule has 0 bridgehead atoms. The van der Waals surface area contributed by atoms with Crippen LogP contribution in [0.5, 0.6) is 0 Å². The first-order chi connectivity index (χ1) is 9.90. The van der Waals surface area contributed by atoms with E-state index in [2.05, 4.69) is 4.72 Å². The van der Waals surface area contributed by atoms with Crippen LogP contribution >= 0.6 is 0 Å². The Labute approximate surface area is 122 Å². The minimum atomic E-state index is -4.08. The van der Waals surface area contributed by atoms with E-state index in [1.54, 1.807) is 0 Å². The highest BCUT2D eigenvalue weighted by Gasteiger charge is 2.22. The van der Waals surface area contributed by atoms with Crippen LogP contribution in [-0.4, -0.2) is 38.7 Å². The standard InChI is InChI=1S/C13H16FNO5S/c14-11-4-3-9(13(16)17)8-12(11)21(18,19)15-6-5-10-2-1-7-20-10/h3-4,8,10,15H,1-2,5-7H2,(H,16,17). The van der Waals surface area contributed by atoms with Crippen LogP contribution in [0.1, 0.15) is 29.6 Å². The molecule has 1 aromatic rings. The Morgan fingerprint density at radius 3 is 2.86 bits per heavy atom.